The van der Waals surface area contributed by atoms with Crippen LogP contribution in [-0.4, -0.2) is 49.3 Å². The fraction of sp³-hybridized carbons (Fsp3) is 0.562. The van der Waals surface area contributed by atoms with Crippen LogP contribution in [0, 0.1) is 10.1 Å². The smallest absolute Gasteiger partial charge is 0.292 e. The van der Waals surface area contributed by atoms with Crippen molar-refractivity contribution in [3.8, 4) is 0 Å². The number of para-hydroxylation sites is 2. The summed E-state index contributed by atoms with van der Waals surface area (Å²) >= 11 is 0. The molecule has 3 N–H and O–H groups in total. The van der Waals surface area contributed by atoms with Crippen LogP contribution in [0.5, 0.6) is 0 Å². The number of halogens is 1. The van der Waals surface area contributed by atoms with E-state index in [9.17, 15) is 10.1 Å². The van der Waals surface area contributed by atoms with E-state index in [2.05, 4.69) is 20.9 Å². The van der Waals surface area contributed by atoms with Gasteiger partial charge >= 0.3 is 0 Å². The molecule has 2 fully saturated rings. The molecule has 9 heteroatoms. The largest absolute Gasteiger partial charge is 0.378 e. The Morgan fingerprint density at radius 3 is 2.80 bits per heavy atom. The first kappa shape index (κ1) is 19.7. The molecule has 0 spiro atoms. The molecular weight excluding hydrogens is 437 g/mol. The van der Waals surface area contributed by atoms with Crippen LogP contribution >= 0.6 is 24.0 Å². The van der Waals surface area contributed by atoms with E-state index in [-0.39, 0.29) is 34.6 Å². The van der Waals surface area contributed by atoms with Crippen LogP contribution in [0.4, 0.5) is 11.4 Å². The van der Waals surface area contributed by atoms with Crippen molar-refractivity contribution in [1.82, 2.24) is 10.6 Å². The van der Waals surface area contributed by atoms with Gasteiger partial charge in [0.1, 0.15) is 5.69 Å². The van der Waals surface area contributed by atoms with E-state index in [1.165, 1.54) is 6.07 Å². The predicted molar refractivity (Wildman–Crippen MR) is 108 cm³/mol. The molecule has 2 heterocycles. The number of ether oxygens (including phenoxy) is 1. The van der Waals surface area contributed by atoms with Crippen molar-refractivity contribution in [3.63, 3.8) is 0 Å². The first-order valence-corrected chi connectivity index (χ1v) is 8.27. The van der Waals surface area contributed by atoms with E-state index < -0.39 is 0 Å². The third-order valence-electron chi connectivity index (χ3n) is 4.49. The zero-order valence-electron chi connectivity index (χ0n) is 14.1. The molecule has 3 atom stereocenters. The summed E-state index contributed by atoms with van der Waals surface area (Å²) < 4.78 is 5.83. The van der Waals surface area contributed by atoms with Crippen LogP contribution in [0.15, 0.2) is 29.3 Å². The van der Waals surface area contributed by atoms with E-state index >= 15 is 0 Å². The summed E-state index contributed by atoms with van der Waals surface area (Å²) in [7, 11) is 1.73. The molecule has 3 unspecified atom stereocenters. The maximum atomic E-state index is 11.0. The minimum Gasteiger partial charge on any atom is -0.378 e. The number of nitrogens with zero attached hydrogens (tertiary/aromatic N) is 2. The molecule has 8 nitrogen and oxygen atoms in total. The summed E-state index contributed by atoms with van der Waals surface area (Å²) in [5, 5.41) is 20.7. The van der Waals surface area contributed by atoms with Crippen LogP contribution in [0.3, 0.4) is 0 Å². The number of aliphatic imine (C=N–C) groups is 1. The predicted octanol–water partition coefficient (Wildman–Crippen LogP) is 2.11. The standard InChI is InChI=1S/C16H23N5O3.HI/c1-17-16(20-13-10-11-6-7-15(13)24-11)19-9-8-18-12-4-2-3-5-14(12)21(22)23;/h2-5,11,13,15,18H,6-10H2,1H3,(H2,17,19,20);1H. The fourth-order valence-corrected chi connectivity index (χ4v) is 3.32. The lowest BCUT2D eigenvalue weighted by Crippen LogP contribution is -2.48. The summed E-state index contributed by atoms with van der Waals surface area (Å²) in [6.45, 7) is 1.16. The molecule has 2 saturated heterocycles. The van der Waals surface area contributed by atoms with Gasteiger partial charge in [0.05, 0.1) is 23.2 Å². The van der Waals surface area contributed by atoms with Gasteiger partial charge in [0, 0.05) is 26.2 Å². The normalized spacial score (nSPS) is 24.5. The number of fused-ring (bicyclic) bond motifs is 2. The van der Waals surface area contributed by atoms with Gasteiger partial charge in [-0.25, -0.2) is 0 Å². The zero-order chi connectivity index (χ0) is 16.9. The first-order valence-electron chi connectivity index (χ1n) is 8.27. The molecule has 1 aromatic rings. The van der Waals surface area contributed by atoms with Gasteiger partial charge in [0.25, 0.3) is 5.69 Å². The van der Waals surface area contributed by atoms with E-state index in [0.29, 0.717) is 37.0 Å². The molecule has 0 saturated carbocycles. The summed E-state index contributed by atoms with van der Waals surface area (Å²) in [5.74, 6) is 0.737. The quantitative estimate of drug-likeness (QED) is 0.150. The van der Waals surface area contributed by atoms with Gasteiger partial charge in [-0.15, -0.1) is 24.0 Å². The van der Waals surface area contributed by atoms with E-state index in [1.54, 1.807) is 25.2 Å². The number of rotatable bonds is 6. The summed E-state index contributed by atoms with van der Waals surface area (Å²) in [5.41, 5.74) is 0.605. The van der Waals surface area contributed by atoms with Crippen LogP contribution < -0.4 is 16.0 Å². The Morgan fingerprint density at radius 1 is 1.36 bits per heavy atom. The van der Waals surface area contributed by atoms with Crippen molar-refractivity contribution in [1.29, 1.82) is 0 Å². The fourth-order valence-electron chi connectivity index (χ4n) is 3.32. The van der Waals surface area contributed by atoms with Crippen LogP contribution in [-0.2, 0) is 4.74 Å². The highest BCUT2D eigenvalue weighted by Gasteiger charge is 2.41. The number of guanidine groups is 1. The van der Waals surface area contributed by atoms with E-state index in [1.807, 2.05) is 0 Å². The van der Waals surface area contributed by atoms with Gasteiger partial charge < -0.3 is 20.7 Å². The molecule has 3 rings (SSSR count). The molecule has 0 aromatic heterocycles. The SMILES string of the molecule is CN=C(NCCNc1ccccc1[N+](=O)[O-])NC1CC2CCC1O2.I. The van der Waals surface area contributed by atoms with Gasteiger partial charge in [-0.2, -0.15) is 0 Å². The number of hydrogen-bond acceptors (Lipinski definition) is 5. The minimum absolute atomic E-state index is 0. The second-order valence-corrected chi connectivity index (χ2v) is 6.06. The number of nitro groups is 1. The van der Waals surface area contributed by atoms with Gasteiger partial charge in [0.2, 0.25) is 0 Å². The molecular formula is C16H24IN5O3. The number of nitrogens with one attached hydrogen (secondary N) is 3. The monoisotopic (exact) mass is 461 g/mol. The maximum absolute atomic E-state index is 11.0. The van der Waals surface area contributed by atoms with E-state index in [0.717, 1.165) is 25.2 Å². The molecule has 0 aliphatic carbocycles. The van der Waals surface area contributed by atoms with Crippen molar-refractivity contribution in [2.45, 2.75) is 37.5 Å². The summed E-state index contributed by atoms with van der Waals surface area (Å²) in [6.07, 6.45) is 3.98. The van der Waals surface area contributed by atoms with Crippen LogP contribution in [0.1, 0.15) is 19.3 Å². The summed E-state index contributed by atoms with van der Waals surface area (Å²) in [4.78, 5) is 14.8. The second kappa shape index (κ2) is 9.18. The van der Waals surface area contributed by atoms with Gasteiger partial charge in [-0.05, 0) is 25.3 Å². The van der Waals surface area contributed by atoms with Crippen molar-refractivity contribution in [3.05, 3.63) is 34.4 Å². The zero-order valence-corrected chi connectivity index (χ0v) is 16.4. The molecule has 2 aliphatic rings. The molecule has 138 valence electrons. The van der Waals surface area contributed by atoms with Gasteiger partial charge in [-0.3, -0.25) is 15.1 Å². The highest BCUT2D eigenvalue weighted by molar-refractivity contribution is 14.0. The molecule has 2 bridgehead atoms. The van der Waals surface area contributed by atoms with Crippen LogP contribution in [0.2, 0.25) is 0 Å². The summed E-state index contributed by atoms with van der Waals surface area (Å²) in [6, 6.07) is 6.95. The van der Waals surface area contributed by atoms with Crippen molar-refractivity contribution in [2.24, 2.45) is 4.99 Å². The highest BCUT2D eigenvalue weighted by Crippen LogP contribution is 2.34. The average Bonchev–Trinajstić information content (AvgIpc) is 3.20. The number of anilines is 1. The molecule has 2 aliphatic heterocycles. The lowest BCUT2D eigenvalue weighted by Gasteiger charge is -2.22. The Balaban J connectivity index is 0.00000225. The molecule has 1 aromatic carbocycles. The third-order valence-corrected chi connectivity index (χ3v) is 4.49. The lowest BCUT2D eigenvalue weighted by molar-refractivity contribution is -0.384. The van der Waals surface area contributed by atoms with Crippen molar-refractivity contribution < 1.29 is 9.66 Å². The number of hydrogen-bond donors (Lipinski definition) is 3. The van der Waals surface area contributed by atoms with E-state index in [4.69, 9.17) is 4.74 Å². The van der Waals surface area contributed by atoms with Gasteiger partial charge in [0.15, 0.2) is 5.96 Å². The maximum Gasteiger partial charge on any atom is 0.292 e. The number of nitro benzene ring substituents is 1. The Labute approximate surface area is 164 Å². The average molecular weight is 461 g/mol. The Hall–Kier alpha value is -1.62. The Morgan fingerprint density at radius 2 is 2.16 bits per heavy atom. The highest BCUT2D eigenvalue weighted by atomic mass is 127. The lowest BCUT2D eigenvalue weighted by atomic mass is 9.96. The Kier molecular flexibility index (Phi) is 7.24. The number of benzene rings is 1. The van der Waals surface area contributed by atoms with Crippen molar-refractivity contribution in [2.75, 3.05) is 25.5 Å². The minimum atomic E-state index is -0.384. The molecule has 0 amide bonds. The molecule has 0 radical (unpaired) electrons. The third kappa shape index (κ3) is 4.94. The second-order valence-electron chi connectivity index (χ2n) is 6.06. The van der Waals surface area contributed by atoms with Crippen LogP contribution in [0.25, 0.3) is 0 Å². The first-order chi connectivity index (χ1) is 11.7. The van der Waals surface area contributed by atoms with Gasteiger partial charge in [-0.1, -0.05) is 12.1 Å². The van der Waals surface area contributed by atoms with Crippen molar-refractivity contribution >= 4 is 41.3 Å². The molecule has 25 heavy (non-hydrogen) atoms. The topological polar surface area (TPSA) is 101 Å². The Bertz CT molecular complexity index is 628.